The van der Waals surface area contributed by atoms with Gasteiger partial charge in [0, 0.05) is 30.7 Å². The zero-order valence-electron chi connectivity index (χ0n) is 21.2. The number of carbonyl (C=O) groups is 4. The summed E-state index contributed by atoms with van der Waals surface area (Å²) in [5, 5.41) is 11.4. The lowest BCUT2D eigenvalue weighted by Gasteiger charge is -2.35. The molecule has 1 aliphatic carbocycles. The Bertz CT molecular complexity index is 1050. The van der Waals surface area contributed by atoms with Gasteiger partial charge < -0.3 is 30.3 Å². The second kappa shape index (κ2) is 9.96. The molecule has 2 heterocycles. The summed E-state index contributed by atoms with van der Waals surface area (Å²) in [6, 6.07) is 4.83. The lowest BCUT2D eigenvalue weighted by atomic mass is 9.90. The molecule has 4 N–H and O–H groups in total. The molecule has 1 saturated carbocycles. The first kappa shape index (κ1) is 25.7. The van der Waals surface area contributed by atoms with E-state index in [1.54, 1.807) is 24.1 Å². The lowest BCUT2D eigenvalue weighted by Crippen LogP contribution is -2.62. The number of amides is 5. The van der Waals surface area contributed by atoms with Crippen LogP contribution >= 0.6 is 0 Å². The molecule has 0 aromatic heterocycles. The Balaban J connectivity index is 1.35. The van der Waals surface area contributed by atoms with Crippen LogP contribution in [0.2, 0.25) is 0 Å². The van der Waals surface area contributed by atoms with Crippen LogP contribution in [0.1, 0.15) is 62.4 Å². The fraction of sp³-hybridized carbons (Fsp3) is 0.600. The first-order chi connectivity index (χ1) is 17.0. The highest BCUT2D eigenvalue weighted by Crippen LogP contribution is 2.29. The smallest absolute Gasteiger partial charge is 0.407 e. The Labute approximate surface area is 210 Å². The van der Waals surface area contributed by atoms with Crippen molar-refractivity contribution >= 4 is 23.9 Å². The Hall–Kier alpha value is -3.34. The lowest BCUT2D eigenvalue weighted by molar-refractivity contribution is -0.124. The molecule has 11 nitrogen and oxygen atoms in total. The monoisotopic (exact) mass is 501 g/mol. The molecule has 36 heavy (non-hydrogen) atoms. The number of urea groups is 1. The number of rotatable bonds is 7. The first-order valence-electron chi connectivity index (χ1n) is 12.3. The molecule has 0 spiro atoms. The van der Waals surface area contributed by atoms with Gasteiger partial charge in [-0.3, -0.25) is 14.9 Å². The fourth-order valence-electron chi connectivity index (χ4n) is 4.99. The van der Waals surface area contributed by atoms with Crippen LogP contribution in [0.25, 0.3) is 0 Å². The molecule has 1 unspecified atom stereocenters. The van der Waals surface area contributed by atoms with Gasteiger partial charge in [0.05, 0.1) is 13.7 Å². The van der Waals surface area contributed by atoms with Crippen LogP contribution < -0.4 is 26.0 Å². The molecule has 2 fully saturated rings. The third-order valence-electron chi connectivity index (χ3n) is 6.81. The number of nitrogens with one attached hydrogen (secondary N) is 4. The van der Waals surface area contributed by atoms with Gasteiger partial charge in [0.2, 0.25) is 0 Å². The summed E-state index contributed by atoms with van der Waals surface area (Å²) in [6.07, 6.45) is 2.70. The summed E-state index contributed by atoms with van der Waals surface area (Å²) < 4.78 is 10.6. The molecule has 1 saturated heterocycles. The van der Waals surface area contributed by atoms with Gasteiger partial charge >= 0.3 is 12.1 Å². The van der Waals surface area contributed by atoms with E-state index in [0.29, 0.717) is 17.9 Å². The van der Waals surface area contributed by atoms with Crippen molar-refractivity contribution in [3.05, 3.63) is 29.3 Å². The normalized spacial score (nSPS) is 25.8. The molecule has 11 heteroatoms. The Morgan fingerprint density at radius 1 is 1.14 bits per heavy atom. The predicted octanol–water partition coefficient (Wildman–Crippen LogP) is 1.65. The van der Waals surface area contributed by atoms with Gasteiger partial charge in [0.15, 0.2) is 5.54 Å². The number of ether oxygens (including phenoxy) is 2. The van der Waals surface area contributed by atoms with Crippen molar-refractivity contribution in [2.75, 3.05) is 20.2 Å². The van der Waals surface area contributed by atoms with Gasteiger partial charge in [-0.15, -0.1) is 0 Å². The standard InChI is InChI=1S/C25H35N5O6/c1-24(2,3)36-23(34)27-17-7-5-16(6-8-17)26-13-25(21(32)28-22(33)29-25)14-30-12-15-11-18(35-4)9-10-19(15)20(30)31/h9-11,16-17,26H,5-8,12-14H2,1-4H3,(H,27,34)(H2,28,29,32,33)/t16-,17-,25?. The molecule has 3 aliphatic rings. The number of hydrogen-bond donors (Lipinski definition) is 4. The van der Waals surface area contributed by atoms with E-state index in [-0.39, 0.29) is 31.1 Å². The van der Waals surface area contributed by atoms with Crippen LogP contribution in [0.3, 0.4) is 0 Å². The number of alkyl carbamates (subject to hydrolysis) is 1. The van der Waals surface area contributed by atoms with E-state index in [1.807, 2.05) is 26.8 Å². The maximum Gasteiger partial charge on any atom is 0.407 e. The van der Waals surface area contributed by atoms with Gasteiger partial charge in [-0.25, -0.2) is 9.59 Å². The summed E-state index contributed by atoms with van der Waals surface area (Å²) >= 11 is 0. The molecule has 0 radical (unpaired) electrons. The van der Waals surface area contributed by atoms with Crippen molar-refractivity contribution in [3.8, 4) is 5.75 Å². The van der Waals surface area contributed by atoms with Crippen molar-refractivity contribution in [1.82, 2.24) is 26.2 Å². The van der Waals surface area contributed by atoms with Gasteiger partial charge in [0.1, 0.15) is 11.4 Å². The summed E-state index contributed by atoms with van der Waals surface area (Å²) in [5.41, 5.74) is -0.430. The summed E-state index contributed by atoms with van der Waals surface area (Å²) in [4.78, 5) is 51.6. The largest absolute Gasteiger partial charge is 0.497 e. The molecule has 0 bridgehead atoms. The highest BCUT2D eigenvalue weighted by molar-refractivity contribution is 6.08. The SMILES string of the molecule is COc1ccc2c(c1)CN(CC1(CN[C@H]3CC[C@H](NC(=O)OC(C)(C)C)CC3)NC(=O)NC1=O)C2=O. The van der Waals surface area contributed by atoms with Gasteiger partial charge in [-0.2, -0.15) is 0 Å². The molecular formula is C25H35N5O6. The molecule has 1 atom stereocenters. The van der Waals surface area contributed by atoms with Crippen molar-refractivity contribution in [3.63, 3.8) is 0 Å². The predicted molar refractivity (Wildman–Crippen MR) is 131 cm³/mol. The zero-order valence-corrected chi connectivity index (χ0v) is 21.2. The van der Waals surface area contributed by atoms with Crippen LogP contribution in [-0.4, -0.2) is 72.3 Å². The molecule has 4 rings (SSSR count). The molecule has 2 aliphatic heterocycles. The van der Waals surface area contributed by atoms with Crippen molar-refractivity contribution in [2.45, 2.75) is 76.2 Å². The second-order valence-electron chi connectivity index (χ2n) is 10.8. The number of methoxy groups -OCH3 is 1. The third-order valence-corrected chi connectivity index (χ3v) is 6.81. The minimum Gasteiger partial charge on any atom is -0.497 e. The average Bonchev–Trinajstić information content (AvgIpc) is 3.26. The summed E-state index contributed by atoms with van der Waals surface area (Å²) in [5.74, 6) is 0.0137. The number of hydrogen-bond acceptors (Lipinski definition) is 7. The number of imide groups is 1. The second-order valence-corrected chi connectivity index (χ2v) is 10.8. The van der Waals surface area contributed by atoms with E-state index in [0.717, 1.165) is 31.2 Å². The highest BCUT2D eigenvalue weighted by atomic mass is 16.6. The maximum atomic E-state index is 13.0. The molecule has 1 aromatic carbocycles. The number of nitrogens with zero attached hydrogens (tertiary/aromatic N) is 1. The third kappa shape index (κ3) is 5.72. The highest BCUT2D eigenvalue weighted by Gasteiger charge is 2.49. The van der Waals surface area contributed by atoms with Crippen LogP contribution in [0.4, 0.5) is 9.59 Å². The maximum absolute atomic E-state index is 13.0. The number of fused-ring (bicyclic) bond motifs is 1. The quantitative estimate of drug-likeness (QED) is 0.417. The molecular weight excluding hydrogens is 466 g/mol. The molecule has 196 valence electrons. The van der Waals surface area contributed by atoms with E-state index < -0.39 is 29.2 Å². The first-order valence-corrected chi connectivity index (χ1v) is 12.3. The zero-order chi connectivity index (χ0) is 26.1. The van der Waals surface area contributed by atoms with Crippen molar-refractivity contribution in [1.29, 1.82) is 0 Å². The van der Waals surface area contributed by atoms with Gasteiger partial charge in [0.25, 0.3) is 11.8 Å². The summed E-state index contributed by atoms with van der Waals surface area (Å²) in [6.45, 7) is 6.04. The minimum atomic E-state index is -1.27. The van der Waals surface area contributed by atoms with E-state index in [9.17, 15) is 19.2 Å². The average molecular weight is 502 g/mol. The van der Waals surface area contributed by atoms with Crippen LogP contribution in [0.5, 0.6) is 5.75 Å². The molecule has 5 amide bonds. The Morgan fingerprint density at radius 3 is 2.44 bits per heavy atom. The van der Waals surface area contributed by atoms with Crippen molar-refractivity contribution < 1.29 is 28.7 Å². The van der Waals surface area contributed by atoms with Crippen LogP contribution in [0, 0.1) is 0 Å². The fourth-order valence-corrected chi connectivity index (χ4v) is 4.99. The van der Waals surface area contributed by atoms with E-state index >= 15 is 0 Å². The number of carbonyl (C=O) groups excluding carboxylic acids is 4. The van der Waals surface area contributed by atoms with Gasteiger partial charge in [-0.1, -0.05) is 0 Å². The Morgan fingerprint density at radius 2 is 1.83 bits per heavy atom. The number of benzene rings is 1. The van der Waals surface area contributed by atoms with E-state index in [4.69, 9.17) is 9.47 Å². The Kier molecular flexibility index (Phi) is 7.12. The van der Waals surface area contributed by atoms with Crippen molar-refractivity contribution in [2.24, 2.45) is 0 Å². The van der Waals surface area contributed by atoms with E-state index in [1.165, 1.54) is 0 Å². The van der Waals surface area contributed by atoms with E-state index in [2.05, 4.69) is 21.3 Å². The van der Waals surface area contributed by atoms with Gasteiger partial charge in [-0.05, 0) is 70.2 Å². The molecule has 1 aromatic rings. The summed E-state index contributed by atoms with van der Waals surface area (Å²) in [7, 11) is 1.57. The van der Waals surface area contributed by atoms with Crippen LogP contribution in [0.15, 0.2) is 18.2 Å². The minimum absolute atomic E-state index is 0.0269. The van der Waals surface area contributed by atoms with Crippen LogP contribution in [-0.2, 0) is 16.1 Å². The topological polar surface area (TPSA) is 138 Å².